The van der Waals surface area contributed by atoms with E-state index in [0.29, 0.717) is 11.8 Å². The lowest BCUT2D eigenvalue weighted by Gasteiger charge is -2.31. The number of hydrogen-bond donors (Lipinski definition) is 0. The van der Waals surface area contributed by atoms with Crippen LogP contribution in [-0.2, 0) is 16.0 Å². The molecule has 0 N–H and O–H groups in total. The van der Waals surface area contributed by atoms with Gasteiger partial charge in [0, 0.05) is 6.08 Å². The number of allylic oxidation sites excluding steroid dienone is 4. The summed E-state index contributed by atoms with van der Waals surface area (Å²) >= 11 is 0. The fourth-order valence-corrected chi connectivity index (χ4v) is 5.09. The molecule has 0 unspecified atom stereocenters. The van der Waals surface area contributed by atoms with Crippen LogP contribution in [0, 0.1) is 23.2 Å². The minimum atomic E-state index is 0.0516. The second kappa shape index (κ2) is 12.5. The minimum absolute atomic E-state index is 0.0516. The number of aryl methyl sites for hydroxylation is 1. The number of nitriles is 1. The summed E-state index contributed by atoms with van der Waals surface area (Å²) in [5.74, 6) is 1.48. The fraction of sp³-hybridized carbons (Fsp3) is 0.571. The topological polar surface area (TPSA) is 50.1 Å². The number of carbonyl (C=O) groups is 1. The third-order valence-corrected chi connectivity index (χ3v) is 7.16. The van der Waals surface area contributed by atoms with Crippen LogP contribution in [0.15, 0.2) is 48.6 Å². The predicted molar refractivity (Wildman–Crippen MR) is 125 cm³/mol. The lowest BCUT2D eigenvalue weighted by Crippen LogP contribution is -2.29. The predicted octanol–water partition coefficient (Wildman–Crippen LogP) is 7.04. The van der Waals surface area contributed by atoms with Gasteiger partial charge in [0.25, 0.3) is 0 Å². The summed E-state index contributed by atoms with van der Waals surface area (Å²) < 4.78 is 5.94. The van der Waals surface area contributed by atoms with Crippen molar-refractivity contribution in [3.8, 4) is 6.07 Å². The molecule has 0 atom stereocenters. The van der Waals surface area contributed by atoms with Crippen molar-refractivity contribution in [1.29, 1.82) is 5.26 Å². The van der Waals surface area contributed by atoms with Gasteiger partial charge in [0.2, 0.25) is 0 Å². The van der Waals surface area contributed by atoms with Crippen LogP contribution in [-0.4, -0.2) is 12.1 Å². The van der Waals surface area contributed by atoms with Gasteiger partial charge < -0.3 is 4.74 Å². The van der Waals surface area contributed by atoms with Crippen LogP contribution in [0.5, 0.6) is 0 Å². The van der Waals surface area contributed by atoms with E-state index in [1.807, 2.05) is 12.1 Å². The lowest BCUT2D eigenvalue weighted by molar-refractivity contribution is -0.157. The van der Waals surface area contributed by atoms with Gasteiger partial charge in [0.1, 0.15) is 6.10 Å². The van der Waals surface area contributed by atoms with E-state index in [-0.39, 0.29) is 18.0 Å². The molecule has 3 heteroatoms. The maximum absolute atomic E-state index is 12.7. The number of nitrogens with zero attached hydrogens (tertiary/aromatic N) is 1. The Bertz CT molecular complexity index is 770. The van der Waals surface area contributed by atoms with E-state index in [1.165, 1.54) is 23.6 Å². The summed E-state index contributed by atoms with van der Waals surface area (Å²) in [7, 11) is 0. The Kier molecular flexibility index (Phi) is 9.40. The van der Waals surface area contributed by atoms with E-state index in [9.17, 15) is 4.79 Å². The van der Waals surface area contributed by atoms with E-state index >= 15 is 0 Å². The maximum atomic E-state index is 12.7. The molecule has 0 aromatic heterocycles. The number of carbonyl (C=O) groups excluding carboxylic acids is 1. The molecule has 0 bridgehead atoms. The summed E-state index contributed by atoms with van der Waals surface area (Å²) in [4.78, 5) is 12.7. The third-order valence-electron chi connectivity index (χ3n) is 7.16. The Morgan fingerprint density at radius 2 is 1.74 bits per heavy atom. The quantitative estimate of drug-likeness (QED) is 0.258. The van der Waals surface area contributed by atoms with Gasteiger partial charge in [-0.15, -0.1) is 0 Å². The minimum Gasteiger partial charge on any atom is -0.462 e. The number of esters is 1. The van der Waals surface area contributed by atoms with Gasteiger partial charge in [0.15, 0.2) is 0 Å². The smallest absolute Gasteiger partial charge is 0.309 e. The fourth-order valence-electron chi connectivity index (χ4n) is 5.09. The van der Waals surface area contributed by atoms with E-state index in [2.05, 4.69) is 37.3 Å². The monoisotopic (exact) mass is 419 g/mol. The van der Waals surface area contributed by atoms with Crippen molar-refractivity contribution in [2.75, 3.05) is 0 Å². The van der Waals surface area contributed by atoms with Crippen LogP contribution < -0.4 is 0 Å². The highest BCUT2D eigenvalue weighted by atomic mass is 16.5. The van der Waals surface area contributed by atoms with Gasteiger partial charge in [-0.25, -0.2) is 0 Å². The average Bonchev–Trinajstić information content (AvgIpc) is 2.82. The van der Waals surface area contributed by atoms with Crippen LogP contribution >= 0.6 is 0 Å². The Hall–Kier alpha value is -2.34. The Morgan fingerprint density at radius 1 is 1.03 bits per heavy atom. The molecule has 1 aromatic carbocycles. The number of hydrogen-bond acceptors (Lipinski definition) is 3. The SMILES string of the molecule is CCc1ccc(C2CCC(OC(=O)C3CCC(CCC=CC=CC#N)CC3)CC2)cc1. The molecule has 166 valence electrons. The molecule has 0 heterocycles. The summed E-state index contributed by atoms with van der Waals surface area (Å²) in [5.41, 5.74) is 2.83. The number of rotatable bonds is 8. The van der Waals surface area contributed by atoms with Crippen molar-refractivity contribution in [2.45, 2.75) is 89.6 Å². The van der Waals surface area contributed by atoms with Gasteiger partial charge in [-0.05, 0) is 93.6 Å². The molecule has 1 aromatic rings. The van der Waals surface area contributed by atoms with Crippen molar-refractivity contribution in [2.24, 2.45) is 11.8 Å². The lowest BCUT2D eigenvalue weighted by atomic mass is 9.79. The largest absolute Gasteiger partial charge is 0.462 e. The van der Waals surface area contributed by atoms with Crippen molar-refractivity contribution >= 4 is 5.97 Å². The molecule has 0 saturated heterocycles. The molecule has 2 saturated carbocycles. The summed E-state index contributed by atoms with van der Waals surface area (Å²) in [5, 5.41) is 8.47. The first-order chi connectivity index (χ1) is 15.2. The first kappa shape index (κ1) is 23.3. The van der Waals surface area contributed by atoms with Gasteiger partial charge in [-0.3, -0.25) is 4.79 Å². The van der Waals surface area contributed by atoms with Gasteiger partial charge in [-0.1, -0.05) is 49.4 Å². The second-order valence-corrected chi connectivity index (χ2v) is 9.22. The first-order valence-corrected chi connectivity index (χ1v) is 12.2. The van der Waals surface area contributed by atoms with Crippen molar-refractivity contribution < 1.29 is 9.53 Å². The van der Waals surface area contributed by atoms with Gasteiger partial charge >= 0.3 is 5.97 Å². The molecular formula is C28H37NO2. The highest BCUT2D eigenvalue weighted by molar-refractivity contribution is 5.72. The highest BCUT2D eigenvalue weighted by Gasteiger charge is 2.30. The highest BCUT2D eigenvalue weighted by Crippen LogP contribution is 2.36. The molecule has 2 aliphatic rings. The molecule has 3 nitrogen and oxygen atoms in total. The van der Waals surface area contributed by atoms with E-state index in [0.717, 1.165) is 64.2 Å². The Labute approximate surface area is 188 Å². The molecule has 2 fully saturated rings. The van der Waals surface area contributed by atoms with E-state index in [4.69, 9.17) is 10.00 Å². The zero-order valence-corrected chi connectivity index (χ0v) is 19.0. The normalized spacial score (nSPS) is 26.7. The molecule has 0 radical (unpaired) electrons. The van der Waals surface area contributed by atoms with Crippen LogP contribution in [0.3, 0.4) is 0 Å². The van der Waals surface area contributed by atoms with E-state index < -0.39 is 0 Å². The van der Waals surface area contributed by atoms with Crippen molar-refractivity contribution in [3.63, 3.8) is 0 Å². The zero-order chi connectivity index (χ0) is 21.9. The Balaban J connectivity index is 1.33. The Morgan fingerprint density at radius 3 is 2.39 bits per heavy atom. The molecule has 0 amide bonds. The molecule has 3 rings (SSSR count). The van der Waals surface area contributed by atoms with Crippen molar-refractivity contribution in [3.05, 3.63) is 59.7 Å². The molecule has 2 aliphatic carbocycles. The van der Waals surface area contributed by atoms with E-state index in [1.54, 1.807) is 6.08 Å². The average molecular weight is 420 g/mol. The zero-order valence-electron chi connectivity index (χ0n) is 19.0. The third kappa shape index (κ3) is 7.39. The van der Waals surface area contributed by atoms with Crippen molar-refractivity contribution in [1.82, 2.24) is 0 Å². The summed E-state index contributed by atoms with van der Waals surface area (Å²) in [6.45, 7) is 2.19. The van der Waals surface area contributed by atoms with Gasteiger partial charge in [-0.2, -0.15) is 5.26 Å². The maximum Gasteiger partial charge on any atom is 0.309 e. The molecule has 0 aliphatic heterocycles. The van der Waals surface area contributed by atoms with Crippen LogP contribution in [0.1, 0.15) is 88.2 Å². The standard InChI is InChI=1S/C28H37NO2/c1-2-22-9-13-24(14-10-22)25-17-19-27(20-18-25)31-28(30)26-15-11-23(12-16-26)8-6-4-3-5-7-21-29/h3-5,7,9-10,13-14,23,25-27H,2,6,8,11-12,15-20H2,1H3. The van der Waals surface area contributed by atoms with Gasteiger partial charge in [0.05, 0.1) is 12.0 Å². The summed E-state index contributed by atoms with van der Waals surface area (Å²) in [6, 6.07) is 11.1. The summed E-state index contributed by atoms with van der Waals surface area (Å²) in [6.07, 6.45) is 19.2. The molecule has 31 heavy (non-hydrogen) atoms. The first-order valence-electron chi connectivity index (χ1n) is 12.2. The second-order valence-electron chi connectivity index (χ2n) is 9.22. The van der Waals surface area contributed by atoms with Crippen LogP contribution in [0.4, 0.5) is 0 Å². The molecular weight excluding hydrogens is 382 g/mol. The molecule has 0 spiro atoms. The van der Waals surface area contributed by atoms with Crippen LogP contribution in [0.2, 0.25) is 0 Å². The number of benzene rings is 1. The number of ether oxygens (including phenoxy) is 1. The van der Waals surface area contributed by atoms with Crippen LogP contribution in [0.25, 0.3) is 0 Å².